The summed E-state index contributed by atoms with van der Waals surface area (Å²) in [6.45, 7) is 5.10. The lowest BCUT2D eigenvalue weighted by molar-refractivity contribution is 0.0534. The number of aliphatic hydroxyl groups is 1. The lowest BCUT2D eigenvalue weighted by Crippen LogP contribution is -2.34. The molecule has 18 heavy (non-hydrogen) atoms. The average Bonchev–Trinajstić information content (AvgIpc) is 2.37. The molecule has 4 heteroatoms. The van der Waals surface area contributed by atoms with E-state index in [9.17, 15) is 5.11 Å². The summed E-state index contributed by atoms with van der Waals surface area (Å²) in [5, 5.41) is 9.75. The molecular formula is C14H23NO3. The summed E-state index contributed by atoms with van der Waals surface area (Å²) in [6.07, 6.45) is 1.38. The van der Waals surface area contributed by atoms with Crippen molar-refractivity contribution >= 4 is 0 Å². The highest BCUT2D eigenvalue weighted by Gasteiger charge is 2.17. The molecule has 0 saturated heterocycles. The number of benzene rings is 1. The van der Waals surface area contributed by atoms with E-state index in [2.05, 4.69) is 0 Å². The lowest BCUT2D eigenvalue weighted by Gasteiger charge is -2.20. The van der Waals surface area contributed by atoms with Crippen molar-refractivity contribution in [3.63, 3.8) is 0 Å². The minimum atomic E-state index is -0.803. The Morgan fingerprint density at radius 3 is 2.39 bits per heavy atom. The molecule has 1 rings (SSSR count). The van der Waals surface area contributed by atoms with Gasteiger partial charge in [0.2, 0.25) is 0 Å². The zero-order valence-electron chi connectivity index (χ0n) is 11.2. The Morgan fingerprint density at radius 1 is 1.22 bits per heavy atom. The molecule has 3 N–H and O–H groups in total. The molecule has 1 aromatic rings. The summed E-state index contributed by atoms with van der Waals surface area (Å²) in [5.74, 6) is 1.50. The first-order chi connectivity index (χ1) is 8.59. The quantitative estimate of drug-likeness (QED) is 0.695. The lowest BCUT2D eigenvalue weighted by atomic mass is 10.0. The van der Waals surface area contributed by atoms with E-state index in [4.69, 9.17) is 15.2 Å². The minimum Gasteiger partial charge on any atom is -0.490 e. The van der Waals surface area contributed by atoms with E-state index in [1.54, 1.807) is 6.92 Å². The van der Waals surface area contributed by atoms with Crippen LogP contribution in [0.15, 0.2) is 24.3 Å². The second kappa shape index (κ2) is 7.24. The van der Waals surface area contributed by atoms with Crippen molar-refractivity contribution in [1.82, 2.24) is 0 Å². The molecule has 0 aliphatic rings. The van der Waals surface area contributed by atoms with Gasteiger partial charge in [0.25, 0.3) is 0 Å². The van der Waals surface area contributed by atoms with Crippen LogP contribution in [0, 0.1) is 0 Å². The Labute approximate surface area is 109 Å². The van der Waals surface area contributed by atoms with Crippen LogP contribution >= 0.6 is 0 Å². The maximum Gasteiger partial charge on any atom is 0.161 e. The van der Waals surface area contributed by atoms with Gasteiger partial charge in [-0.15, -0.1) is 0 Å². The van der Waals surface area contributed by atoms with Gasteiger partial charge >= 0.3 is 0 Å². The summed E-state index contributed by atoms with van der Waals surface area (Å²) in [4.78, 5) is 0. The van der Waals surface area contributed by atoms with E-state index in [0.717, 1.165) is 17.9 Å². The molecule has 1 atom stereocenters. The zero-order chi connectivity index (χ0) is 13.4. The molecule has 0 aliphatic carbocycles. The zero-order valence-corrected chi connectivity index (χ0v) is 11.2. The Hall–Kier alpha value is -1.26. The number of rotatable bonds is 8. The highest BCUT2D eigenvalue weighted by atomic mass is 16.5. The first-order valence-electron chi connectivity index (χ1n) is 6.36. The van der Waals surface area contributed by atoms with Crippen molar-refractivity contribution in [2.45, 2.75) is 32.3 Å². The van der Waals surface area contributed by atoms with Crippen molar-refractivity contribution in [3.05, 3.63) is 24.3 Å². The molecule has 0 saturated carbocycles. The van der Waals surface area contributed by atoms with Crippen molar-refractivity contribution in [2.24, 2.45) is 5.73 Å². The number of para-hydroxylation sites is 2. The fourth-order valence-corrected chi connectivity index (χ4v) is 1.58. The molecule has 0 fully saturated rings. The van der Waals surface area contributed by atoms with Gasteiger partial charge < -0.3 is 20.3 Å². The number of hydrogen-bond acceptors (Lipinski definition) is 4. The van der Waals surface area contributed by atoms with Gasteiger partial charge in [-0.05, 0) is 38.8 Å². The molecule has 0 aromatic heterocycles. The van der Waals surface area contributed by atoms with Crippen LogP contribution in [0.3, 0.4) is 0 Å². The van der Waals surface area contributed by atoms with Crippen LogP contribution < -0.4 is 15.2 Å². The molecule has 1 unspecified atom stereocenters. The molecule has 0 amide bonds. The fourth-order valence-electron chi connectivity index (χ4n) is 1.58. The van der Waals surface area contributed by atoms with E-state index in [0.29, 0.717) is 19.6 Å². The number of nitrogens with two attached hydrogens (primary N) is 1. The van der Waals surface area contributed by atoms with Gasteiger partial charge in [0.15, 0.2) is 11.5 Å². The second-order valence-electron chi connectivity index (χ2n) is 4.53. The van der Waals surface area contributed by atoms with Gasteiger partial charge in [0, 0.05) is 6.54 Å². The van der Waals surface area contributed by atoms with Gasteiger partial charge in [-0.3, -0.25) is 0 Å². The van der Waals surface area contributed by atoms with E-state index >= 15 is 0 Å². The Balaban J connectivity index is 2.39. The number of ether oxygens (including phenoxy) is 2. The van der Waals surface area contributed by atoms with Crippen LogP contribution in [0.2, 0.25) is 0 Å². The summed E-state index contributed by atoms with van der Waals surface area (Å²) < 4.78 is 11.1. The minimum absolute atomic E-state index is 0.266. The van der Waals surface area contributed by atoms with E-state index < -0.39 is 5.60 Å². The van der Waals surface area contributed by atoms with Crippen molar-refractivity contribution in [3.8, 4) is 11.5 Å². The van der Waals surface area contributed by atoms with Gasteiger partial charge in [-0.2, -0.15) is 0 Å². The molecule has 0 spiro atoms. The summed E-state index contributed by atoms with van der Waals surface area (Å²) in [6, 6.07) is 7.59. The average molecular weight is 253 g/mol. The predicted octanol–water partition coefficient (Wildman–Crippen LogP) is 1.95. The predicted molar refractivity (Wildman–Crippen MR) is 72.0 cm³/mol. The summed E-state index contributed by atoms with van der Waals surface area (Å²) >= 11 is 0. The van der Waals surface area contributed by atoms with E-state index in [1.807, 2.05) is 31.2 Å². The molecule has 0 heterocycles. The molecule has 4 nitrogen and oxygen atoms in total. The van der Waals surface area contributed by atoms with Crippen molar-refractivity contribution < 1.29 is 14.6 Å². The second-order valence-corrected chi connectivity index (χ2v) is 4.53. The maximum absolute atomic E-state index is 9.75. The Morgan fingerprint density at radius 2 is 1.83 bits per heavy atom. The molecule has 0 aliphatic heterocycles. The van der Waals surface area contributed by atoms with Crippen molar-refractivity contribution in [1.29, 1.82) is 0 Å². The van der Waals surface area contributed by atoms with Gasteiger partial charge in [-0.1, -0.05) is 12.1 Å². The summed E-state index contributed by atoms with van der Waals surface area (Å²) in [7, 11) is 0. The van der Waals surface area contributed by atoms with Crippen LogP contribution in [0.1, 0.15) is 26.7 Å². The fraction of sp³-hybridized carbons (Fsp3) is 0.571. The van der Waals surface area contributed by atoms with Crippen LogP contribution in [0.4, 0.5) is 0 Å². The maximum atomic E-state index is 9.75. The highest BCUT2D eigenvalue weighted by molar-refractivity contribution is 5.39. The van der Waals surface area contributed by atoms with Crippen LogP contribution in [0.5, 0.6) is 11.5 Å². The largest absolute Gasteiger partial charge is 0.490 e. The standard InChI is InChI=1S/C14H23NO3/c1-3-17-12-7-4-5-8-13(12)18-10-6-9-14(2,16)11-15/h4-5,7-8,16H,3,6,9-11,15H2,1-2H3. The Bertz CT molecular complexity index is 353. The normalized spacial score (nSPS) is 14.0. The van der Waals surface area contributed by atoms with E-state index in [-0.39, 0.29) is 6.54 Å². The third kappa shape index (κ3) is 4.94. The van der Waals surface area contributed by atoms with Crippen LogP contribution in [-0.4, -0.2) is 30.5 Å². The SMILES string of the molecule is CCOc1ccccc1OCCCC(C)(O)CN. The van der Waals surface area contributed by atoms with Gasteiger partial charge in [0.05, 0.1) is 18.8 Å². The number of hydrogen-bond donors (Lipinski definition) is 2. The van der Waals surface area contributed by atoms with Crippen LogP contribution in [0.25, 0.3) is 0 Å². The Kier molecular flexibility index (Phi) is 5.95. The summed E-state index contributed by atoms with van der Waals surface area (Å²) in [5.41, 5.74) is 4.65. The molecule has 0 radical (unpaired) electrons. The molecular weight excluding hydrogens is 230 g/mol. The van der Waals surface area contributed by atoms with E-state index in [1.165, 1.54) is 0 Å². The topological polar surface area (TPSA) is 64.7 Å². The molecule has 102 valence electrons. The van der Waals surface area contributed by atoms with Crippen LogP contribution in [-0.2, 0) is 0 Å². The first-order valence-corrected chi connectivity index (χ1v) is 6.36. The van der Waals surface area contributed by atoms with Gasteiger partial charge in [-0.25, -0.2) is 0 Å². The third-order valence-electron chi connectivity index (χ3n) is 2.71. The molecule has 1 aromatic carbocycles. The van der Waals surface area contributed by atoms with Gasteiger partial charge in [0.1, 0.15) is 0 Å². The molecule has 0 bridgehead atoms. The van der Waals surface area contributed by atoms with Crippen molar-refractivity contribution in [2.75, 3.05) is 19.8 Å². The first kappa shape index (κ1) is 14.8. The monoisotopic (exact) mass is 253 g/mol. The highest BCUT2D eigenvalue weighted by Crippen LogP contribution is 2.26. The smallest absolute Gasteiger partial charge is 0.161 e. The third-order valence-corrected chi connectivity index (χ3v) is 2.71.